The number of hydrogen-bond donors (Lipinski definition) is 3. The number of anilines is 2. The highest BCUT2D eigenvalue weighted by Gasteiger charge is 2.17. The van der Waals surface area contributed by atoms with Gasteiger partial charge in [-0.2, -0.15) is 5.10 Å². The molecule has 0 bridgehead atoms. The van der Waals surface area contributed by atoms with Gasteiger partial charge in [0.1, 0.15) is 0 Å². The summed E-state index contributed by atoms with van der Waals surface area (Å²) in [6.45, 7) is 1.93. The Morgan fingerprint density at radius 3 is 2.21 bits per heavy atom. The van der Waals surface area contributed by atoms with Gasteiger partial charge < -0.3 is 10.6 Å². The van der Waals surface area contributed by atoms with Crippen LogP contribution in [0, 0.1) is 17.0 Å². The van der Waals surface area contributed by atoms with E-state index in [0.29, 0.717) is 11.3 Å². The second-order valence-corrected chi connectivity index (χ2v) is 6.87. The lowest BCUT2D eigenvalue weighted by molar-refractivity contribution is -0.384. The van der Waals surface area contributed by atoms with E-state index in [1.54, 1.807) is 24.3 Å². The molecular weight excluding hydrogens is 426 g/mol. The maximum Gasteiger partial charge on any atom is 0.329 e. The predicted molar refractivity (Wildman–Crippen MR) is 123 cm³/mol. The fourth-order valence-electron chi connectivity index (χ4n) is 2.70. The zero-order chi connectivity index (χ0) is 23.8. The van der Waals surface area contributed by atoms with Crippen molar-refractivity contribution in [3.63, 3.8) is 0 Å². The molecule has 33 heavy (non-hydrogen) atoms. The number of nitrogens with zero attached hydrogens (tertiary/aromatic N) is 2. The van der Waals surface area contributed by atoms with Gasteiger partial charge in [0.15, 0.2) is 0 Å². The van der Waals surface area contributed by atoms with Crippen molar-refractivity contribution in [1.29, 1.82) is 0 Å². The fraction of sp³-hybridized carbons (Fsp3) is 0.0435. The van der Waals surface area contributed by atoms with E-state index in [2.05, 4.69) is 21.2 Å². The molecule has 0 saturated carbocycles. The van der Waals surface area contributed by atoms with Gasteiger partial charge in [0.25, 0.3) is 11.6 Å². The number of para-hydroxylation sites is 1. The van der Waals surface area contributed by atoms with Crippen LogP contribution in [0.2, 0.25) is 0 Å². The standard InChI is InChI=1S/C23H19N5O5/c1-15-6-10-17(11-7-15)25-21(29)19-4-2-3-5-20(19)26-22(30)23(31)27-24-14-16-8-12-18(13-9-16)28(32)33/h2-14H,1H3,(H,25,29)(H,26,30)(H,27,31). The van der Waals surface area contributed by atoms with Crippen molar-refractivity contribution in [2.45, 2.75) is 6.92 Å². The third-order valence-corrected chi connectivity index (χ3v) is 4.42. The fourth-order valence-corrected chi connectivity index (χ4v) is 2.70. The van der Waals surface area contributed by atoms with E-state index in [9.17, 15) is 24.5 Å². The Labute approximate surface area is 188 Å². The minimum atomic E-state index is -1.05. The summed E-state index contributed by atoms with van der Waals surface area (Å²) in [5.74, 6) is -2.53. The SMILES string of the molecule is Cc1ccc(NC(=O)c2ccccc2NC(=O)C(=O)NN=Cc2ccc([N+](=O)[O-])cc2)cc1. The molecule has 0 heterocycles. The Bertz CT molecular complexity index is 1220. The summed E-state index contributed by atoms with van der Waals surface area (Å²) in [6, 6.07) is 18.9. The van der Waals surface area contributed by atoms with Crippen LogP contribution in [-0.4, -0.2) is 28.9 Å². The zero-order valence-corrected chi connectivity index (χ0v) is 17.4. The molecule has 10 nitrogen and oxygen atoms in total. The van der Waals surface area contributed by atoms with Gasteiger partial charge in [-0.05, 0) is 48.9 Å². The summed E-state index contributed by atoms with van der Waals surface area (Å²) in [7, 11) is 0. The minimum absolute atomic E-state index is 0.0827. The lowest BCUT2D eigenvalue weighted by atomic mass is 10.1. The van der Waals surface area contributed by atoms with Crippen molar-refractivity contribution in [3.05, 3.63) is 99.6 Å². The molecule has 3 N–H and O–H groups in total. The highest BCUT2D eigenvalue weighted by molar-refractivity contribution is 6.40. The number of nitro benzene ring substituents is 1. The normalized spacial score (nSPS) is 10.5. The molecule has 0 atom stereocenters. The minimum Gasteiger partial charge on any atom is -0.322 e. The van der Waals surface area contributed by atoms with Crippen LogP contribution in [-0.2, 0) is 9.59 Å². The van der Waals surface area contributed by atoms with E-state index in [4.69, 9.17) is 0 Å². The van der Waals surface area contributed by atoms with Gasteiger partial charge in [0, 0.05) is 17.8 Å². The molecule has 166 valence electrons. The molecule has 0 spiro atoms. The maximum absolute atomic E-state index is 12.6. The number of hydrogen-bond acceptors (Lipinski definition) is 6. The number of hydrazone groups is 1. The maximum atomic E-state index is 12.6. The van der Waals surface area contributed by atoms with E-state index in [-0.39, 0.29) is 16.9 Å². The first-order valence-corrected chi connectivity index (χ1v) is 9.69. The molecule has 0 aliphatic rings. The van der Waals surface area contributed by atoms with E-state index in [0.717, 1.165) is 5.56 Å². The van der Waals surface area contributed by atoms with Crippen LogP contribution in [0.15, 0.2) is 77.9 Å². The van der Waals surface area contributed by atoms with Gasteiger partial charge in [-0.15, -0.1) is 0 Å². The number of rotatable bonds is 6. The quantitative estimate of drug-likeness (QED) is 0.231. The number of benzene rings is 3. The second kappa shape index (κ2) is 10.4. The van der Waals surface area contributed by atoms with Crippen LogP contribution in [0.5, 0.6) is 0 Å². The number of amides is 3. The molecule has 0 radical (unpaired) electrons. The molecular formula is C23H19N5O5. The second-order valence-electron chi connectivity index (χ2n) is 6.87. The average Bonchev–Trinajstić information content (AvgIpc) is 2.81. The Balaban J connectivity index is 1.61. The Morgan fingerprint density at radius 1 is 0.879 bits per heavy atom. The van der Waals surface area contributed by atoms with Crippen LogP contribution >= 0.6 is 0 Å². The topological polar surface area (TPSA) is 143 Å². The summed E-state index contributed by atoms with van der Waals surface area (Å²) in [5.41, 5.74) is 4.43. The summed E-state index contributed by atoms with van der Waals surface area (Å²) in [5, 5.41) is 19.4. The first kappa shape index (κ1) is 22.8. The van der Waals surface area contributed by atoms with Crippen LogP contribution in [0.3, 0.4) is 0 Å². The van der Waals surface area contributed by atoms with Gasteiger partial charge in [0.2, 0.25) is 0 Å². The highest BCUT2D eigenvalue weighted by atomic mass is 16.6. The van der Waals surface area contributed by atoms with Crippen LogP contribution in [0.1, 0.15) is 21.5 Å². The zero-order valence-electron chi connectivity index (χ0n) is 17.4. The molecule has 0 fully saturated rings. The molecule has 0 aliphatic heterocycles. The molecule has 0 aromatic heterocycles. The summed E-state index contributed by atoms with van der Waals surface area (Å²) < 4.78 is 0. The van der Waals surface area contributed by atoms with Crippen molar-refractivity contribution in [1.82, 2.24) is 5.43 Å². The summed E-state index contributed by atoms with van der Waals surface area (Å²) in [4.78, 5) is 47.1. The smallest absolute Gasteiger partial charge is 0.322 e. The first-order chi connectivity index (χ1) is 15.8. The monoisotopic (exact) mass is 445 g/mol. The van der Waals surface area contributed by atoms with E-state index < -0.39 is 22.6 Å². The predicted octanol–water partition coefficient (Wildman–Crippen LogP) is 3.24. The van der Waals surface area contributed by atoms with E-state index in [1.807, 2.05) is 19.1 Å². The van der Waals surface area contributed by atoms with Crippen LogP contribution in [0.25, 0.3) is 0 Å². The Hall–Kier alpha value is -4.86. The molecule has 3 amide bonds. The summed E-state index contributed by atoms with van der Waals surface area (Å²) in [6.07, 6.45) is 1.23. The Kier molecular flexibility index (Phi) is 7.22. The van der Waals surface area contributed by atoms with Crippen molar-refractivity contribution < 1.29 is 19.3 Å². The van der Waals surface area contributed by atoms with E-state index >= 15 is 0 Å². The molecule has 0 aliphatic carbocycles. The number of non-ortho nitro benzene ring substituents is 1. The lowest BCUT2D eigenvalue weighted by Gasteiger charge is -2.11. The number of aryl methyl sites for hydroxylation is 1. The van der Waals surface area contributed by atoms with Gasteiger partial charge >= 0.3 is 11.8 Å². The number of carbonyl (C=O) groups excluding carboxylic acids is 3. The number of carbonyl (C=O) groups is 3. The van der Waals surface area contributed by atoms with Crippen LogP contribution < -0.4 is 16.1 Å². The van der Waals surface area contributed by atoms with Gasteiger partial charge in [-0.25, -0.2) is 5.43 Å². The third-order valence-electron chi connectivity index (χ3n) is 4.42. The molecule has 3 aromatic carbocycles. The van der Waals surface area contributed by atoms with Crippen molar-refractivity contribution in [3.8, 4) is 0 Å². The summed E-state index contributed by atoms with van der Waals surface area (Å²) >= 11 is 0. The highest BCUT2D eigenvalue weighted by Crippen LogP contribution is 2.18. The number of nitrogens with one attached hydrogen (secondary N) is 3. The first-order valence-electron chi connectivity index (χ1n) is 9.69. The molecule has 3 rings (SSSR count). The van der Waals surface area contributed by atoms with Gasteiger partial charge in [-0.1, -0.05) is 29.8 Å². The van der Waals surface area contributed by atoms with E-state index in [1.165, 1.54) is 42.6 Å². The third kappa shape index (κ3) is 6.31. The van der Waals surface area contributed by atoms with Gasteiger partial charge in [-0.3, -0.25) is 24.5 Å². The largest absolute Gasteiger partial charge is 0.329 e. The van der Waals surface area contributed by atoms with Crippen LogP contribution in [0.4, 0.5) is 17.1 Å². The molecule has 0 unspecified atom stereocenters. The lowest BCUT2D eigenvalue weighted by Crippen LogP contribution is -2.33. The van der Waals surface area contributed by atoms with Crippen molar-refractivity contribution in [2.75, 3.05) is 10.6 Å². The Morgan fingerprint density at radius 2 is 1.55 bits per heavy atom. The molecule has 10 heteroatoms. The number of nitro groups is 1. The van der Waals surface area contributed by atoms with Crippen molar-refractivity contribution >= 4 is 41.0 Å². The van der Waals surface area contributed by atoms with Gasteiger partial charge in [0.05, 0.1) is 22.4 Å². The average molecular weight is 445 g/mol. The molecule has 0 saturated heterocycles. The van der Waals surface area contributed by atoms with Crippen molar-refractivity contribution in [2.24, 2.45) is 5.10 Å². The molecule has 3 aromatic rings.